The number of rotatable bonds is 6. The Labute approximate surface area is 259 Å². The number of carbonyl (C=O) groups excluding carboxylic acids is 2. The summed E-state index contributed by atoms with van der Waals surface area (Å²) >= 11 is 1.39. The lowest BCUT2D eigenvalue weighted by molar-refractivity contribution is -0.143. The Kier molecular flexibility index (Phi) is 8.80. The van der Waals surface area contributed by atoms with Crippen molar-refractivity contribution in [2.75, 3.05) is 19.6 Å². The molecule has 2 aromatic heterocycles. The van der Waals surface area contributed by atoms with E-state index >= 15 is 0 Å². The molecule has 1 saturated heterocycles. The first-order valence-corrected chi connectivity index (χ1v) is 15.0. The Balaban J connectivity index is 1.35. The molecule has 0 saturated carbocycles. The normalized spacial score (nSPS) is 15.9. The van der Waals surface area contributed by atoms with Crippen LogP contribution in [0.4, 0.5) is 26.3 Å². The monoisotopic (exact) mass is 649 g/mol. The van der Waals surface area contributed by atoms with Crippen molar-refractivity contribution < 1.29 is 35.9 Å². The van der Waals surface area contributed by atoms with E-state index in [4.69, 9.17) is 4.98 Å². The fourth-order valence-corrected chi connectivity index (χ4v) is 6.09. The first-order chi connectivity index (χ1) is 21.2. The Morgan fingerprint density at radius 1 is 0.956 bits per heavy atom. The van der Waals surface area contributed by atoms with Gasteiger partial charge in [0.15, 0.2) is 0 Å². The summed E-state index contributed by atoms with van der Waals surface area (Å²) < 4.78 is 81.8. The molecular weight excluding hydrogens is 620 g/mol. The number of amides is 2. The molecule has 1 fully saturated rings. The summed E-state index contributed by atoms with van der Waals surface area (Å²) in [4.78, 5) is 34.3. The summed E-state index contributed by atoms with van der Waals surface area (Å²) in [7, 11) is 0. The van der Waals surface area contributed by atoms with Gasteiger partial charge in [-0.3, -0.25) is 9.59 Å². The Hall–Kier alpha value is -4.20. The van der Waals surface area contributed by atoms with Crippen molar-refractivity contribution in [3.63, 3.8) is 0 Å². The van der Waals surface area contributed by atoms with Gasteiger partial charge < -0.3 is 9.80 Å². The van der Waals surface area contributed by atoms with Crippen molar-refractivity contribution in [2.24, 2.45) is 0 Å². The molecule has 0 N–H and O–H groups in total. The van der Waals surface area contributed by atoms with Crippen molar-refractivity contribution in [1.82, 2.24) is 24.6 Å². The van der Waals surface area contributed by atoms with Gasteiger partial charge in [0.05, 0.1) is 34.3 Å². The number of halogens is 6. The number of piperazine rings is 1. The van der Waals surface area contributed by atoms with E-state index in [-0.39, 0.29) is 31.6 Å². The fourth-order valence-electron chi connectivity index (χ4n) is 5.27. The third-order valence-corrected chi connectivity index (χ3v) is 8.43. The molecule has 4 aromatic rings. The lowest BCUT2D eigenvalue weighted by atomic mass is 10.0. The largest absolute Gasteiger partial charge is 0.416 e. The Bertz CT molecular complexity index is 1680. The van der Waals surface area contributed by atoms with Crippen LogP contribution in [0.15, 0.2) is 54.0 Å². The SMILES string of the molecule is CCCc1c(C(=O)N2CCN(C(=O)c3cc(C(F)(F)F)cc(C(F)(F)F)c3)C(C)C2)cnn1-c1nc(-c2ccc(C)cc2)cs1. The summed E-state index contributed by atoms with van der Waals surface area (Å²) in [5.74, 6) is -1.31. The zero-order valence-corrected chi connectivity index (χ0v) is 25.4. The van der Waals surface area contributed by atoms with Gasteiger partial charge in [0.1, 0.15) is 0 Å². The van der Waals surface area contributed by atoms with E-state index in [2.05, 4.69) is 5.10 Å². The van der Waals surface area contributed by atoms with Crippen molar-refractivity contribution in [2.45, 2.75) is 52.0 Å². The second-order valence-corrected chi connectivity index (χ2v) is 11.8. The molecule has 238 valence electrons. The number of nitrogens with zero attached hydrogens (tertiary/aromatic N) is 5. The van der Waals surface area contributed by atoms with Gasteiger partial charge in [0.25, 0.3) is 11.8 Å². The van der Waals surface area contributed by atoms with Crippen LogP contribution in [-0.2, 0) is 18.8 Å². The third-order valence-electron chi connectivity index (χ3n) is 7.62. The molecule has 1 aliphatic rings. The van der Waals surface area contributed by atoms with E-state index in [0.717, 1.165) is 23.2 Å². The molecule has 45 heavy (non-hydrogen) atoms. The first kappa shape index (κ1) is 32.2. The second kappa shape index (κ2) is 12.3. The Morgan fingerprint density at radius 3 is 2.18 bits per heavy atom. The van der Waals surface area contributed by atoms with Crippen LogP contribution in [0.5, 0.6) is 0 Å². The standard InChI is InChI=1S/C31H29F6N5O2S/c1-4-5-26-24(15-38-42(26)29-39-25(17-45-29)20-8-6-18(2)7-9-20)28(44)40-10-11-41(19(3)16-40)27(43)21-12-22(30(32,33)34)14-23(13-21)31(35,36)37/h6-9,12-15,17,19H,4-5,10-11,16H2,1-3H3. The number of aryl methyl sites for hydroxylation is 1. The molecular formula is C31H29F6N5O2S. The van der Waals surface area contributed by atoms with Gasteiger partial charge in [0.2, 0.25) is 5.13 Å². The molecule has 0 aliphatic carbocycles. The highest BCUT2D eigenvalue weighted by Gasteiger charge is 2.39. The fraction of sp³-hybridized carbons (Fsp3) is 0.355. The summed E-state index contributed by atoms with van der Waals surface area (Å²) in [5.41, 5.74) is 0.0425. The first-order valence-electron chi connectivity index (χ1n) is 14.2. The maximum Gasteiger partial charge on any atom is 0.416 e. The maximum absolute atomic E-state index is 13.7. The van der Waals surface area contributed by atoms with E-state index in [1.165, 1.54) is 27.3 Å². The molecule has 14 heteroatoms. The summed E-state index contributed by atoms with van der Waals surface area (Å²) in [6.45, 7) is 5.54. The van der Waals surface area contributed by atoms with E-state index in [1.54, 1.807) is 11.6 Å². The molecule has 0 spiro atoms. The molecule has 0 radical (unpaired) electrons. The second-order valence-electron chi connectivity index (χ2n) is 10.9. The van der Waals surface area contributed by atoms with Gasteiger partial charge in [-0.2, -0.15) is 31.4 Å². The van der Waals surface area contributed by atoms with Crippen molar-refractivity contribution in [1.29, 1.82) is 0 Å². The molecule has 7 nitrogen and oxygen atoms in total. The molecule has 1 aliphatic heterocycles. The topological polar surface area (TPSA) is 71.3 Å². The summed E-state index contributed by atoms with van der Waals surface area (Å²) in [6.07, 6.45) is -7.42. The minimum absolute atomic E-state index is 0.0140. The van der Waals surface area contributed by atoms with Crippen LogP contribution in [0.1, 0.15) is 63.4 Å². The zero-order valence-electron chi connectivity index (χ0n) is 24.5. The van der Waals surface area contributed by atoms with Gasteiger partial charge in [-0.1, -0.05) is 43.2 Å². The van der Waals surface area contributed by atoms with Gasteiger partial charge in [-0.05, 0) is 38.5 Å². The molecule has 3 heterocycles. The van der Waals surface area contributed by atoms with Crippen LogP contribution in [-0.4, -0.2) is 62.1 Å². The number of benzene rings is 2. The molecule has 0 bridgehead atoms. The molecule has 2 aromatic carbocycles. The molecule has 1 unspecified atom stereocenters. The highest BCUT2D eigenvalue weighted by molar-refractivity contribution is 7.12. The smallest absolute Gasteiger partial charge is 0.335 e. The number of carbonyl (C=O) groups is 2. The van der Waals surface area contributed by atoms with Crippen LogP contribution in [0.3, 0.4) is 0 Å². The third kappa shape index (κ3) is 6.75. The van der Waals surface area contributed by atoms with Crippen molar-refractivity contribution >= 4 is 23.2 Å². The Morgan fingerprint density at radius 2 is 1.60 bits per heavy atom. The van der Waals surface area contributed by atoms with E-state index in [0.29, 0.717) is 34.9 Å². The van der Waals surface area contributed by atoms with Crippen LogP contribution < -0.4 is 0 Å². The van der Waals surface area contributed by atoms with Crippen LogP contribution in [0, 0.1) is 6.92 Å². The van der Waals surface area contributed by atoms with Crippen LogP contribution in [0.25, 0.3) is 16.4 Å². The minimum Gasteiger partial charge on any atom is -0.335 e. The number of alkyl halides is 6. The quantitative estimate of drug-likeness (QED) is 0.206. The lowest BCUT2D eigenvalue weighted by Crippen LogP contribution is -2.55. The number of hydrogen-bond donors (Lipinski definition) is 0. The van der Waals surface area contributed by atoms with Crippen molar-refractivity contribution in [3.8, 4) is 16.4 Å². The maximum atomic E-state index is 13.7. The van der Waals surface area contributed by atoms with Crippen molar-refractivity contribution in [3.05, 3.63) is 87.6 Å². The lowest BCUT2D eigenvalue weighted by Gasteiger charge is -2.40. The average molecular weight is 650 g/mol. The minimum atomic E-state index is -5.07. The summed E-state index contributed by atoms with van der Waals surface area (Å²) in [5, 5.41) is 6.98. The molecule has 1 atom stereocenters. The highest BCUT2D eigenvalue weighted by atomic mass is 32.1. The average Bonchev–Trinajstić information content (AvgIpc) is 3.63. The molecule has 5 rings (SSSR count). The van der Waals surface area contributed by atoms with Crippen LogP contribution >= 0.6 is 11.3 Å². The van der Waals surface area contributed by atoms with E-state index in [9.17, 15) is 35.9 Å². The van der Waals surface area contributed by atoms with E-state index < -0.39 is 41.0 Å². The van der Waals surface area contributed by atoms with E-state index in [1.807, 2.05) is 43.5 Å². The van der Waals surface area contributed by atoms with Gasteiger partial charge in [-0.15, -0.1) is 11.3 Å². The summed E-state index contributed by atoms with van der Waals surface area (Å²) in [6, 6.07) is 8.11. The number of hydrogen-bond acceptors (Lipinski definition) is 5. The van der Waals surface area contributed by atoms with Gasteiger partial charge >= 0.3 is 12.4 Å². The number of thiazole rings is 1. The zero-order chi connectivity index (χ0) is 32.7. The van der Waals surface area contributed by atoms with Gasteiger partial charge in [-0.25, -0.2) is 9.67 Å². The highest BCUT2D eigenvalue weighted by Crippen LogP contribution is 2.37. The number of aromatic nitrogens is 3. The molecule has 2 amide bonds. The van der Waals surface area contributed by atoms with Gasteiger partial charge in [0, 0.05) is 42.2 Å². The van der Waals surface area contributed by atoms with Crippen LogP contribution in [0.2, 0.25) is 0 Å². The predicted octanol–water partition coefficient (Wildman–Crippen LogP) is 7.28. The predicted molar refractivity (Wildman–Crippen MR) is 156 cm³/mol.